The van der Waals surface area contributed by atoms with Crippen LogP contribution in [0.3, 0.4) is 0 Å². The Kier molecular flexibility index (Phi) is 5.67. The molecule has 9 rings (SSSR count). The van der Waals surface area contributed by atoms with Crippen LogP contribution >= 0.6 is 0 Å². The Bertz CT molecular complexity index is 2350. The Balaban J connectivity index is 1.22. The molecule has 2 aromatic heterocycles. The third-order valence-electron chi connectivity index (χ3n) is 9.28. The van der Waals surface area contributed by atoms with Gasteiger partial charge in [0.25, 0.3) is 0 Å². The maximum atomic E-state index is 2.45. The molecular formula is C42H30N2. The molecule has 2 heterocycles. The van der Waals surface area contributed by atoms with Gasteiger partial charge in [-0.1, -0.05) is 115 Å². The average Bonchev–Trinajstić information content (AvgIpc) is 3.61. The van der Waals surface area contributed by atoms with E-state index in [-0.39, 0.29) is 0 Å². The third kappa shape index (κ3) is 3.88. The highest BCUT2D eigenvalue weighted by Crippen LogP contribution is 2.40. The minimum absolute atomic E-state index is 0.382. The van der Waals surface area contributed by atoms with E-state index in [9.17, 15) is 0 Å². The quantitative estimate of drug-likeness (QED) is 0.202. The fourth-order valence-corrected chi connectivity index (χ4v) is 7.25. The lowest BCUT2D eigenvalue weighted by molar-refractivity contribution is 0.825. The minimum Gasteiger partial charge on any atom is -0.310 e. The topological polar surface area (TPSA) is 9.86 Å². The van der Waals surface area contributed by atoms with Crippen LogP contribution in [0, 0.1) is 0 Å². The summed E-state index contributed by atoms with van der Waals surface area (Å²) >= 11 is 0. The van der Waals surface area contributed by atoms with Crippen molar-refractivity contribution in [3.63, 3.8) is 0 Å². The maximum Gasteiger partial charge on any atom is 0.0541 e. The molecule has 1 aliphatic rings. The zero-order valence-corrected chi connectivity index (χ0v) is 24.3. The lowest BCUT2D eigenvalue weighted by atomic mass is 9.87. The van der Waals surface area contributed by atoms with E-state index in [0.717, 1.165) is 12.1 Å². The number of fused-ring (bicyclic) bond motifs is 6. The van der Waals surface area contributed by atoms with Crippen molar-refractivity contribution in [3.8, 4) is 22.5 Å². The first kappa shape index (κ1) is 24.9. The Morgan fingerprint density at radius 1 is 0.455 bits per heavy atom. The average molecular weight is 563 g/mol. The van der Waals surface area contributed by atoms with Crippen molar-refractivity contribution in [2.24, 2.45) is 0 Å². The lowest BCUT2D eigenvalue weighted by Crippen LogP contribution is -2.07. The standard InChI is InChI=1S/C42H30N2/c1-3-12-29(13-4-1)31-22-24-41-37(26-31)35-18-7-9-20-39(35)43(41)33-16-11-17-34(28-33)44-40-21-10-8-19-36(40)38-27-32(23-25-42(38)44)30-14-5-2-6-15-30/h1-26,28,32H,27H2. The second kappa shape index (κ2) is 10.00. The molecule has 1 atom stereocenters. The summed E-state index contributed by atoms with van der Waals surface area (Å²) in [6, 6.07) is 55.1. The number of nitrogens with zero attached hydrogens (tertiary/aromatic N) is 2. The summed E-state index contributed by atoms with van der Waals surface area (Å²) in [4.78, 5) is 0. The number of hydrogen-bond donors (Lipinski definition) is 0. The van der Waals surface area contributed by atoms with E-state index in [1.54, 1.807) is 0 Å². The fraction of sp³-hybridized carbons (Fsp3) is 0.0476. The summed E-state index contributed by atoms with van der Waals surface area (Å²) in [6.45, 7) is 0. The molecule has 0 saturated heterocycles. The number of rotatable bonds is 4. The van der Waals surface area contributed by atoms with Gasteiger partial charge in [0.05, 0.1) is 16.6 Å². The van der Waals surface area contributed by atoms with E-state index < -0.39 is 0 Å². The van der Waals surface area contributed by atoms with Gasteiger partial charge in [0, 0.05) is 39.1 Å². The molecule has 1 unspecified atom stereocenters. The van der Waals surface area contributed by atoms with Gasteiger partial charge in [-0.15, -0.1) is 0 Å². The second-order valence-electron chi connectivity index (χ2n) is 11.8. The molecule has 0 bridgehead atoms. The van der Waals surface area contributed by atoms with Crippen LogP contribution < -0.4 is 0 Å². The predicted molar refractivity (Wildman–Crippen MR) is 185 cm³/mol. The first-order valence-corrected chi connectivity index (χ1v) is 15.4. The van der Waals surface area contributed by atoms with Gasteiger partial charge in [0.15, 0.2) is 0 Å². The molecule has 0 spiro atoms. The number of para-hydroxylation sites is 2. The molecule has 0 amide bonds. The smallest absolute Gasteiger partial charge is 0.0541 e. The summed E-state index contributed by atoms with van der Waals surface area (Å²) in [5.41, 5.74) is 12.6. The summed E-state index contributed by atoms with van der Waals surface area (Å²) in [6.07, 6.45) is 5.72. The van der Waals surface area contributed by atoms with Crippen LogP contribution in [0.25, 0.3) is 61.3 Å². The van der Waals surface area contributed by atoms with Gasteiger partial charge in [-0.25, -0.2) is 0 Å². The number of hydrogen-bond acceptors (Lipinski definition) is 0. The molecule has 2 heteroatoms. The van der Waals surface area contributed by atoms with Crippen LogP contribution in [-0.4, -0.2) is 9.13 Å². The Morgan fingerprint density at radius 2 is 1.09 bits per heavy atom. The van der Waals surface area contributed by atoms with E-state index in [4.69, 9.17) is 0 Å². The number of aromatic nitrogens is 2. The zero-order chi connectivity index (χ0) is 29.0. The van der Waals surface area contributed by atoms with Gasteiger partial charge in [0.2, 0.25) is 0 Å². The molecule has 0 fully saturated rings. The maximum absolute atomic E-state index is 2.45. The Morgan fingerprint density at radius 3 is 1.89 bits per heavy atom. The van der Waals surface area contributed by atoms with Crippen LogP contribution in [-0.2, 0) is 6.42 Å². The largest absolute Gasteiger partial charge is 0.310 e. The van der Waals surface area contributed by atoms with Gasteiger partial charge in [-0.3, -0.25) is 0 Å². The van der Waals surface area contributed by atoms with Crippen LogP contribution in [0.2, 0.25) is 0 Å². The Labute approximate surface area is 256 Å². The zero-order valence-electron chi connectivity index (χ0n) is 24.3. The van der Waals surface area contributed by atoms with Gasteiger partial charge in [-0.2, -0.15) is 0 Å². The van der Waals surface area contributed by atoms with Crippen molar-refractivity contribution in [1.29, 1.82) is 0 Å². The van der Waals surface area contributed by atoms with E-state index in [0.29, 0.717) is 5.92 Å². The summed E-state index contributed by atoms with van der Waals surface area (Å²) in [7, 11) is 0. The normalized spacial score (nSPS) is 14.4. The second-order valence-corrected chi connectivity index (χ2v) is 11.8. The summed E-state index contributed by atoms with van der Waals surface area (Å²) in [5, 5.41) is 3.87. The lowest BCUT2D eigenvalue weighted by Gasteiger charge is -2.20. The molecule has 2 nitrogen and oxygen atoms in total. The minimum atomic E-state index is 0.382. The van der Waals surface area contributed by atoms with Crippen LogP contribution in [0.4, 0.5) is 0 Å². The molecule has 44 heavy (non-hydrogen) atoms. The molecule has 0 saturated carbocycles. The Hall–Kier alpha value is -5.60. The van der Waals surface area contributed by atoms with E-state index >= 15 is 0 Å². The summed E-state index contributed by atoms with van der Waals surface area (Å²) < 4.78 is 4.87. The van der Waals surface area contributed by atoms with Crippen molar-refractivity contribution < 1.29 is 0 Å². The van der Waals surface area contributed by atoms with Crippen molar-refractivity contribution >= 4 is 38.8 Å². The van der Waals surface area contributed by atoms with Gasteiger partial charge >= 0.3 is 0 Å². The van der Waals surface area contributed by atoms with Crippen molar-refractivity contribution in [3.05, 3.63) is 175 Å². The molecule has 0 radical (unpaired) electrons. The molecule has 0 N–H and O–H groups in total. The SMILES string of the molecule is C1=CC(c2ccccc2)Cc2c1n(-c1cccc(-n3c4ccccc4c4cc(-c5ccccc5)ccc43)c1)c1ccccc21. The van der Waals surface area contributed by atoms with Crippen molar-refractivity contribution in [2.75, 3.05) is 0 Å². The van der Waals surface area contributed by atoms with Crippen LogP contribution in [0.5, 0.6) is 0 Å². The molecule has 208 valence electrons. The van der Waals surface area contributed by atoms with Crippen LogP contribution in [0.1, 0.15) is 22.7 Å². The van der Waals surface area contributed by atoms with E-state index in [1.165, 1.54) is 66.3 Å². The summed E-state index contributed by atoms with van der Waals surface area (Å²) in [5.74, 6) is 0.382. The monoisotopic (exact) mass is 562 g/mol. The molecule has 8 aromatic rings. The predicted octanol–water partition coefficient (Wildman–Crippen LogP) is 10.7. The van der Waals surface area contributed by atoms with E-state index in [2.05, 4.69) is 173 Å². The number of benzene rings is 6. The van der Waals surface area contributed by atoms with Gasteiger partial charge in [-0.05, 0) is 77.2 Å². The first-order valence-electron chi connectivity index (χ1n) is 15.4. The molecule has 1 aliphatic carbocycles. The fourth-order valence-electron chi connectivity index (χ4n) is 7.25. The highest BCUT2D eigenvalue weighted by atomic mass is 15.0. The molecule has 0 aliphatic heterocycles. The van der Waals surface area contributed by atoms with Gasteiger partial charge < -0.3 is 9.13 Å². The molecular weight excluding hydrogens is 532 g/mol. The highest BCUT2D eigenvalue weighted by Gasteiger charge is 2.24. The molecule has 6 aromatic carbocycles. The van der Waals surface area contributed by atoms with Crippen LogP contribution in [0.15, 0.2) is 158 Å². The van der Waals surface area contributed by atoms with Gasteiger partial charge in [0.1, 0.15) is 0 Å². The van der Waals surface area contributed by atoms with Crippen molar-refractivity contribution in [2.45, 2.75) is 12.3 Å². The van der Waals surface area contributed by atoms with Crippen molar-refractivity contribution in [1.82, 2.24) is 9.13 Å². The third-order valence-corrected chi connectivity index (χ3v) is 9.28. The first-order chi connectivity index (χ1) is 21.8. The number of allylic oxidation sites excluding steroid dienone is 1. The highest BCUT2D eigenvalue weighted by molar-refractivity contribution is 6.10. The van der Waals surface area contributed by atoms with E-state index in [1.807, 2.05) is 0 Å².